The SMILES string of the molecule is CCCCCCCCCCCCCCC[C@@H](CO)CCCCCCCCCCCCC. The number of aliphatic hydroxyl groups excluding tert-OH is 1. The summed E-state index contributed by atoms with van der Waals surface area (Å²) in [5.41, 5.74) is 0. The molecule has 0 aliphatic carbocycles. The lowest BCUT2D eigenvalue weighted by Crippen LogP contribution is -2.06. The molecular weight excluding hydrogens is 376 g/mol. The van der Waals surface area contributed by atoms with Crippen molar-refractivity contribution >= 4 is 0 Å². The van der Waals surface area contributed by atoms with Gasteiger partial charge >= 0.3 is 0 Å². The van der Waals surface area contributed by atoms with E-state index in [1.807, 2.05) is 0 Å². The van der Waals surface area contributed by atoms with Crippen LogP contribution in [0.3, 0.4) is 0 Å². The van der Waals surface area contributed by atoms with E-state index in [0.29, 0.717) is 12.5 Å². The first-order valence-electron chi connectivity index (χ1n) is 15.0. The quantitative estimate of drug-likeness (QED) is 0.126. The fraction of sp³-hybridized carbons (Fsp3) is 1.00. The zero-order valence-corrected chi connectivity index (χ0v) is 22.1. The van der Waals surface area contributed by atoms with E-state index >= 15 is 0 Å². The van der Waals surface area contributed by atoms with Crippen LogP contribution in [-0.4, -0.2) is 11.7 Å². The summed E-state index contributed by atoms with van der Waals surface area (Å²) < 4.78 is 0. The van der Waals surface area contributed by atoms with Gasteiger partial charge in [-0.05, 0) is 18.8 Å². The zero-order chi connectivity index (χ0) is 22.7. The van der Waals surface area contributed by atoms with Gasteiger partial charge in [-0.1, -0.05) is 168 Å². The van der Waals surface area contributed by atoms with Crippen molar-refractivity contribution in [3.8, 4) is 0 Å². The summed E-state index contributed by atoms with van der Waals surface area (Å²) in [6.45, 7) is 5.00. The van der Waals surface area contributed by atoms with Crippen molar-refractivity contribution in [1.29, 1.82) is 0 Å². The normalized spacial score (nSPS) is 12.5. The molecule has 0 aliphatic rings. The summed E-state index contributed by atoms with van der Waals surface area (Å²) in [5.74, 6) is 0.575. The van der Waals surface area contributed by atoms with Crippen molar-refractivity contribution in [3.63, 3.8) is 0 Å². The van der Waals surface area contributed by atoms with Gasteiger partial charge in [-0.2, -0.15) is 0 Å². The fourth-order valence-electron chi connectivity index (χ4n) is 4.87. The maximum Gasteiger partial charge on any atom is 0.0459 e. The van der Waals surface area contributed by atoms with E-state index in [9.17, 15) is 5.11 Å². The Morgan fingerprint density at radius 3 is 0.806 bits per heavy atom. The minimum atomic E-state index is 0.413. The monoisotopic (exact) mass is 438 g/mol. The molecule has 0 aromatic carbocycles. The Morgan fingerprint density at radius 2 is 0.581 bits per heavy atom. The van der Waals surface area contributed by atoms with Gasteiger partial charge in [0.25, 0.3) is 0 Å². The third kappa shape index (κ3) is 26.1. The molecule has 1 nitrogen and oxygen atoms in total. The molecule has 0 saturated carbocycles. The second-order valence-electron chi connectivity index (χ2n) is 10.4. The molecule has 31 heavy (non-hydrogen) atoms. The molecule has 0 bridgehead atoms. The molecule has 0 heterocycles. The molecule has 0 aromatic heterocycles. The summed E-state index contributed by atoms with van der Waals surface area (Å²) in [6, 6.07) is 0. The van der Waals surface area contributed by atoms with Gasteiger partial charge in [-0.25, -0.2) is 0 Å². The maximum atomic E-state index is 9.68. The average Bonchev–Trinajstić information content (AvgIpc) is 2.79. The van der Waals surface area contributed by atoms with Crippen LogP contribution in [0.2, 0.25) is 0 Å². The van der Waals surface area contributed by atoms with Crippen LogP contribution >= 0.6 is 0 Å². The molecule has 188 valence electrons. The van der Waals surface area contributed by atoms with Gasteiger partial charge in [0.2, 0.25) is 0 Å². The van der Waals surface area contributed by atoms with E-state index in [1.54, 1.807) is 0 Å². The van der Waals surface area contributed by atoms with Gasteiger partial charge in [-0.3, -0.25) is 0 Å². The summed E-state index contributed by atoms with van der Waals surface area (Å²) in [7, 11) is 0. The first-order valence-corrected chi connectivity index (χ1v) is 15.0. The highest BCUT2D eigenvalue weighted by Gasteiger charge is 2.07. The minimum Gasteiger partial charge on any atom is -0.396 e. The van der Waals surface area contributed by atoms with Crippen LogP contribution in [0.15, 0.2) is 0 Å². The van der Waals surface area contributed by atoms with Crippen molar-refractivity contribution in [1.82, 2.24) is 0 Å². The number of hydrogen-bond donors (Lipinski definition) is 1. The summed E-state index contributed by atoms with van der Waals surface area (Å²) in [4.78, 5) is 0. The smallest absolute Gasteiger partial charge is 0.0459 e. The molecule has 0 saturated heterocycles. The Bertz CT molecular complexity index is 301. The molecule has 0 fully saturated rings. The second-order valence-corrected chi connectivity index (χ2v) is 10.4. The van der Waals surface area contributed by atoms with Crippen LogP contribution in [0.4, 0.5) is 0 Å². The lowest BCUT2D eigenvalue weighted by molar-refractivity contribution is 0.204. The van der Waals surface area contributed by atoms with Crippen molar-refractivity contribution in [2.75, 3.05) is 6.61 Å². The fourth-order valence-corrected chi connectivity index (χ4v) is 4.87. The van der Waals surface area contributed by atoms with Gasteiger partial charge in [0.05, 0.1) is 0 Å². The molecule has 0 amide bonds. The van der Waals surface area contributed by atoms with Crippen LogP contribution < -0.4 is 0 Å². The molecule has 0 aromatic rings. The van der Waals surface area contributed by atoms with Crippen molar-refractivity contribution in [2.45, 2.75) is 181 Å². The van der Waals surface area contributed by atoms with Crippen molar-refractivity contribution in [2.24, 2.45) is 5.92 Å². The Balaban J connectivity index is 3.26. The van der Waals surface area contributed by atoms with Gasteiger partial charge in [-0.15, -0.1) is 0 Å². The van der Waals surface area contributed by atoms with Crippen molar-refractivity contribution in [3.05, 3.63) is 0 Å². The molecule has 0 aliphatic heterocycles. The summed E-state index contributed by atoms with van der Waals surface area (Å²) in [5, 5.41) is 9.68. The molecule has 1 heteroatoms. The average molecular weight is 439 g/mol. The number of aliphatic hydroxyl groups is 1. The lowest BCUT2D eigenvalue weighted by Gasteiger charge is -2.13. The third-order valence-corrected chi connectivity index (χ3v) is 7.19. The van der Waals surface area contributed by atoms with E-state index in [0.717, 1.165) is 0 Å². The highest BCUT2D eigenvalue weighted by Crippen LogP contribution is 2.19. The minimum absolute atomic E-state index is 0.413. The van der Waals surface area contributed by atoms with E-state index in [1.165, 1.54) is 167 Å². The predicted octanol–water partition coefficient (Wildman–Crippen LogP) is 10.8. The highest BCUT2D eigenvalue weighted by atomic mass is 16.3. The first kappa shape index (κ1) is 31.0. The Kier molecular flexibility index (Phi) is 28.0. The molecular formula is C30H62O. The van der Waals surface area contributed by atoms with Gasteiger partial charge in [0, 0.05) is 6.61 Å². The summed E-state index contributed by atoms with van der Waals surface area (Å²) >= 11 is 0. The Hall–Kier alpha value is -0.0400. The number of rotatable bonds is 27. The van der Waals surface area contributed by atoms with E-state index < -0.39 is 0 Å². The topological polar surface area (TPSA) is 20.2 Å². The molecule has 0 unspecified atom stereocenters. The summed E-state index contributed by atoms with van der Waals surface area (Å²) in [6.07, 6.45) is 36.6. The first-order chi connectivity index (χ1) is 15.3. The Morgan fingerprint density at radius 1 is 0.355 bits per heavy atom. The van der Waals surface area contributed by atoms with Crippen LogP contribution in [-0.2, 0) is 0 Å². The Labute approximate surface area is 198 Å². The molecule has 1 atom stereocenters. The van der Waals surface area contributed by atoms with Crippen LogP contribution in [0.25, 0.3) is 0 Å². The number of unbranched alkanes of at least 4 members (excludes halogenated alkanes) is 22. The zero-order valence-electron chi connectivity index (χ0n) is 22.1. The van der Waals surface area contributed by atoms with Crippen LogP contribution in [0, 0.1) is 5.92 Å². The second kappa shape index (κ2) is 28.0. The predicted molar refractivity (Wildman–Crippen MR) is 142 cm³/mol. The number of hydrogen-bond acceptors (Lipinski definition) is 1. The highest BCUT2D eigenvalue weighted by molar-refractivity contribution is 4.60. The largest absolute Gasteiger partial charge is 0.396 e. The van der Waals surface area contributed by atoms with E-state index in [4.69, 9.17) is 0 Å². The van der Waals surface area contributed by atoms with Crippen LogP contribution in [0.5, 0.6) is 0 Å². The van der Waals surface area contributed by atoms with Crippen molar-refractivity contribution < 1.29 is 5.11 Å². The van der Waals surface area contributed by atoms with E-state index in [2.05, 4.69) is 13.8 Å². The van der Waals surface area contributed by atoms with Crippen LogP contribution in [0.1, 0.15) is 181 Å². The molecule has 0 radical (unpaired) electrons. The van der Waals surface area contributed by atoms with Gasteiger partial charge in [0.15, 0.2) is 0 Å². The molecule has 1 N–H and O–H groups in total. The third-order valence-electron chi connectivity index (χ3n) is 7.19. The lowest BCUT2D eigenvalue weighted by atomic mass is 9.94. The maximum absolute atomic E-state index is 9.68. The molecule has 0 spiro atoms. The van der Waals surface area contributed by atoms with E-state index in [-0.39, 0.29) is 0 Å². The molecule has 0 rings (SSSR count). The standard InChI is InChI=1S/C30H62O/c1-3-5-7-9-11-13-15-16-18-20-22-24-26-28-30(29-31)27-25-23-21-19-17-14-12-10-8-6-4-2/h30-31H,3-29H2,1-2H3/t30-/m0/s1. The van der Waals surface area contributed by atoms with Gasteiger partial charge < -0.3 is 5.11 Å². The van der Waals surface area contributed by atoms with Gasteiger partial charge in [0.1, 0.15) is 0 Å².